The maximum atomic E-state index is 5.25. The molecule has 2 aromatic rings. The summed E-state index contributed by atoms with van der Waals surface area (Å²) in [6.45, 7) is 3.77. The number of nitrogens with zero attached hydrogens (tertiary/aromatic N) is 2. The number of aromatic nitrogens is 2. The summed E-state index contributed by atoms with van der Waals surface area (Å²) < 4.78 is 15.7. The number of para-hydroxylation sites is 1. The quantitative estimate of drug-likeness (QED) is 0.818. The molecule has 1 heterocycles. The maximum Gasteiger partial charge on any atom is 0.260 e. The summed E-state index contributed by atoms with van der Waals surface area (Å²) in [5.74, 6) is 1.10. The minimum atomic E-state index is -0.340. The Bertz CT molecular complexity index is 552. The summed E-state index contributed by atoms with van der Waals surface area (Å²) in [6.07, 6.45) is -0.340. The highest BCUT2D eigenvalue weighted by molar-refractivity contribution is 5.72. The molecule has 0 radical (unpaired) electrons. The van der Waals surface area contributed by atoms with Crippen molar-refractivity contribution in [3.05, 3.63) is 30.1 Å². The lowest BCUT2D eigenvalue weighted by Crippen LogP contribution is -2.33. The van der Waals surface area contributed by atoms with Gasteiger partial charge in [-0.25, -0.2) is 0 Å². The number of aryl methyl sites for hydroxylation is 1. The van der Waals surface area contributed by atoms with Crippen molar-refractivity contribution in [1.82, 2.24) is 10.1 Å². The average molecular weight is 277 g/mol. The van der Waals surface area contributed by atoms with Crippen LogP contribution in [0, 0.1) is 6.92 Å². The second-order valence-corrected chi connectivity index (χ2v) is 4.47. The van der Waals surface area contributed by atoms with Crippen LogP contribution in [0.25, 0.3) is 11.5 Å². The van der Waals surface area contributed by atoms with E-state index in [1.54, 1.807) is 21.1 Å². The number of hydrogen-bond acceptors (Lipinski definition) is 6. The van der Waals surface area contributed by atoms with Gasteiger partial charge in [0.05, 0.1) is 11.6 Å². The molecule has 0 amide bonds. The van der Waals surface area contributed by atoms with E-state index in [0.717, 1.165) is 11.3 Å². The van der Waals surface area contributed by atoms with Gasteiger partial charge in [-0.15, -0.1) is 0 Å². The predicted molar refractivity (Wildman–Crippen MR) is 75.4 cm³/mol. The van der Waals surface area contributed by atoms with Crippen LogP contribution in [0.3, 0.4) is 0 Å². The van der Waals surface area contributed by atoms with Crippen molar-refractivity contribution >= 4 is 5.69 Å². The number of rotatable bonds is 6. The standard InChI is InChI=1S/C14H19N3O3/c1-9(14(18-3)19-4)15-12-8-6-5-7-11(12)13-16-10(2)17-20-13/h5-9,14-15H,1-4H3. The van der Waals surface area contributed by atoms with Crippen molar-refractivity contribution in [1.29, 1.82) is 0 Å². The van der Waals surface area contributed by atoms with E-state index in [2.05, 4.69) is 15.5 Å². The topological polar surface area (TPSA) is 69.4 Å². The second kappa shape index (κ2) is 6.49. The summed E-state index contributed by atoms with van der Waals surface area (Å²) in [5, 5.41) is 7.16. The first-order valence-electron chi connectivity index (χ1n) is 6.37. The van der Waals surface area contributed by atoms with Gasteiger partial charge in [-0.2, -0.15) is 4.98 Å². The van der Waals surface area contributed by atoms with Crippen molar-refractivity contribution in [3.8, 4) is 11.5 Å². The zero-order chi connectivity index (χ0) is 14.5. The Kier molecular flexibility index (Phi) is 4.70. The molecule has 2 rings (SSSR count). The Balaban J connectivity index is 2.24. The van der Waals surface area contributed by atoms with Gasteiger partial charge in [0.15, 0.2) is 12.1 Å². The minimum absolute atomic E-state index is 0.0323. The van der Waals surface area contributed by atoms with E-state index in [1.165, 1.54) is 0 Å². The van der Waals surface area contributed by atoms with Gasteiger partial charge >= 0.3 is 0 Å². The lowest BCUT2D eigenvalue weighted by Gasteiger charge is -2.23. The third-order valence-corrected chi connectivity index (χ3v) is 2.94. The van der Waals surface area contributed by atoms with E-state index in [0.29, 0.717) is 11.7 Å². The monoisotopic (exact) mass is 277 g/mol. The average Bonchev–Trinajstić information content (AvgIpc) is 2.87. The molecule has 0 spiro atoms. The van der Waals surface area contributed by atoms with Crippen molar-refractivity contribution in [2.45, 2.75) is 26.2 Å². The van der Waals surface area contributed by atoms with Gasteiger partial charge in [0.1, 0.15) is 0 Å². The first-order valence-corrected chi connectivity index (χ1v) is 6.37. The van der Waals surface area contributed by atoms with E-state index < -0.39 is 0 Å². The van der Waals surface area contributed by atoms with Crippen LogP contribution in [0.1, 0.15) is 12.7 Å². The summed E-state index contributed by atoms with van der Waals surface area (Å²) in [4.78, 5) is 4.25. The van der Waals surface area contributed by atoms with Crippen molar-refractivity contribution < 1.29 is 14.0 Å². The normalized spacial score (nSPS) is 12.7. The van der Waals surface area contributed by atoms with Gasteiger partial charge < -0.3 is 19.3 Å². The lowest BCUT2D eigenvalue weighted by atomic mass is 10.1. The highest BCUT2D eigenvalue weighted by Crippen LogP contribution is 2.27. The van der Waals surface area contributed by atoms with Crippen LogP contribution < -0.4 is 5.32 Å². The highest BCUT2D eigenvalue weighted by Gasteiger charge is 2.18. The number of methoxy groups -OCH3 is 2. The molecule has 1 N–H and O–H groups in total. The minimum Gasteiger partial charge on any atom is -0.377 e. The van der Waals surface area contributed by atoms with E-state index in [-0.39, 0.29) is 12.3 Å². The van der Waals surface area contributed by atoms with Crippen LogP contribution in [0.15, 0.2) is 28.8 Å². The number of anilines is 1. The van der Waals surface area contributed by atoms with Crippen molar-refractivity contribution in [2.24, 2.45) is 0 Å². The molecular weight excluding hydrogens is 258 g/mol. The number of hydrogen-bond donors (Lipinski definition) is 1. The molecule has 0 saturated heterocycles. The van der Waals surface area contributed by atoms with Crippen molar-refractivity contribution in [3.63, 3.8) is 0 Å². The SMILES string of the molecule is COC(OC)C(C)Nc1ccccc1-c1nc(C)no1. The highest BCUT2D eigenvalue weighted by atomic mass is 16.7. The molecule has 1 unspecified atom stereocenters. The fourth-order valence-corrected chi connectivity index (χ4v) is 2.02. The van der Waals surface area contributed by atoms with E-state index in [9.17, 15) is 0 Å². The molecule has 0 fully saturated rings. The van der Waals surface area contributed by atoms with Gasteiger partial charge in [-0.3, -0.25) is 0 Å². The number of ether oxygens (including phenoxy) is 2. The Morgan fingerprint density at radius 2 is 1.90 bits per heavy atom. The van der Waals surface area contributed by atoms with Gasteiger partial charge in [-0.1, -0.05) is 17.3 Å². The van der Waals surface area contributed by atoms with Gasteiger partial charge in [-0.05, 0) is 26.0 Å². The predicted octanol–water partition coefficient (Wildman–Crippen LogP) is 2.46. The first-order chi connectivity index (χ1) is 9.65. The largest absolute Gasteiger partial charge is 0.377 e. The molecule has 0 aliphatic carbocycles. The molecule has 1 aromatic heterocycles. The lowest BCUT2D eigenvalue weighted by molar-refractivity contribution is -0.109. The molecule has 6 nitrogen and oxygen atoms in total. The molecule has 1 atom stereocenters. The van der Waals surface area contributed by atoms with Gasteiger partial charge in [0.25, 0.3) is 5.89 Å². The molecule has 0 bridgehead atoms. The fourth-order valence-electron chi connectivity index (χ4n) is 2.02. The smallest absolute Gasteiger partial charge is 0.260 e. The third kappa shape index (κ3) is 3.15. The Labute approximate surface area is 118 Å². The van der Waals surface area contributed by atoms with Gasteiger partial charge in [0, 0.05) is 19.9 Å². The van der Waals surface area contributed by atoms with E-state index in [1.807, 2.05) is 31.2 Å². The molecule has 1 aromatic carbocycles. The Morgan fingerprint density at radius 3 is 2.50 bits per heavy atom. The molecule has 6 heteroatoms. The molecular formula is C14H19N3O3. The van der Waals surface area contributed by atoms with Crippen LogP contribution in [-0.4, -0.2) is 36.7 Å². The number of nitrogens with one attached hydrogen (secondary N) is 1. The zero-order valence-electron chi connectivity index (χ0n) is 12.1. The summed E-state index contributed by atoms with van der Waals surface area (Å²) >= 11 is 0. The van der Waals surface area contributed by atoms with E-state index >= 15 is 0 Å². The Hall–Kier alpha value is -1.92. The molecule has 0 saturated carbocycles. The maximum absolute atomic E-state index is 5.25. The fraction of sp³-hybridized carbons (Fsp3) is 0.429. The van der Waals surface area contributed by atoms with Crippen molar-refractivity contribution in [2.75, 3.05) is 19.5 Å². The Morgan fingerprint density at radius 1 is 1.20 bits per heavy atom. The summed E-state index contributed by atoms with van der Waals surface area (Å²) in [7, 11) is 3.22. The van der Waals surface area contributed by atoms with Crippen LogP contribution >= 0.6 is 0 Å². The number of benzene rings is 1. The molecule has 20 heavy (non-hydrogen) atoms. The second-order valence-electron chi connectivity index (χ2n) is 4.47. The third-order valence-electron chi connectivity index (χ3n) is 2.94. The van der Waals surface area contributed by atoms with Crippen LogP contribution in [0.4, 0.5) is 5.69 Å². The van der Waals surface area contributed by atoms with Crippen LogP contribution in [0.5, 0.6) is 0 Å². The van der Waals surface area contributed by atoms with Gasteiger partial charge in [0.2, 0.25) is 0 Å². The van der Waals surface area contributed by atoms with E-state index in [4.69, 9.17) is 14.0 Å². The summed E-state index contributed by atoms with van der Waals surface area (Å²) in [5.41, 5.74) is 1.74. The molecule has 0 aliphatic heterocycles. The van der Waals surface area contributed by atoms with Crippen LogP contribution in [0.2, 0.25) is 0 Å². The zero-order valence-corrected chi connectivity index (χ0v) is 12.1. The first kappa shape index (κ1) is 14.5. The molecule has 0 aliphatic rings. The summed E-state index contributed by atoms with van der Waals surface area (Å²) in [6, 6.07) is 7.71. The molecule has 108 valence electrons. The van der Waals surface area contributed by atoms with Crippen LogP contribution in [-0.2, 0) is 9.47 Å².